The Morgan fingerprint density at radius 2 is 2.05 bits per heavy atom. The van der Waals surface area contributed by atoms with Crippen LogP contribution < -0.4 is 10.6 Å². The van der Waals surface area contributed by atoms with Gasteiger partial charge in [-0.2, -0.15) is 0 Å². The van der Waals surface area contributed by atoms with Gasteiger partial charge in [0.15, 0.2) is 0 Å². The number of hydrogen-bond acceptors (Lipinski definition) is 5. The lowest BCUT2D eigenvalue weighted by molar-refractivity contribution is -0.149. The summed E-state index contributed by atoms with van der Waals surface area (Å²) >= 11 is 1.34. The number of ether oxygens (including phenoxy) is 1. The Balaban J connectivity index is 2.01. The molecule has 1 atom stereocenters. The number of amides is 2. The van der Waals surface area contributed by atoms with Crippen LogP contribution in [0.25, 0.3) is 0 Å². The molecule has 0 aliphatic carbocycles. The van der Waals surface area contributed by atoms with Crippen molar-refractivity contribution in [3.63, 3.8) is 0 Å². The summed E-state index contributed by atoms with van der Waals surface area (Å²) in [6.07, 6.45) is -0.00867. The summed E-state index contributed by atoms with van der Waals surface area (Å²) < 4.78 is 4.64. The number of thioether (sulfide) groups is 1. The fourth-order valence-electron chi connectivity index (χ4n) is 2.10. The first-order valence-corrected chi connectivity index (χ1v) is 7.67. The highest BCUT2D eigenvalue weighted by molar-refractivity contribution is 8.01. The van der Waals surface area contributed by atoms with Gasteiger partial charge in [0, 0.05) is 11.3 Å². The predicted molar refractivity (Wildman–Crippen MR) is 83.6 cm³/mol. The van der Waals surface area contributed by atoms with E-state index in [1.165, 1.54) is 18.9 Å². The summed E-state index contributed by atoms with van der Waals surface area (Å²) in [4.78, 5) is 36.6. The summed E-state index contributed by atoms with van der Waals surface area (Å²) in [6.45, 7) is 3.11. The second kappa shape index (κ2) is 6.39. The van der Waals surface area contributed by atoms with Crippen LogP contribution in [0, 0.1) is 0 Å². The molecule has 6 nitrogen and oxygen atoms in total. The maximum atomic E-state index is 12.1. The van der Waals surface area contributed by atoms with Crippen molar-refractivity contribution < 1.29 is 19.1 Å². The molecule has 118 valence electrons. The van der Waals surface area contributed by atoms with Crippen LogP contribution in [-0.4, -0.2) is 35.7 Å². The number of methoxy groups -OCH3 is 1. The van der Waals surface area contributed by atoms with Crippen molar-refractivity contribution in [3.8, 4) is 0 Å². The third-order valence-corrected chi connectivity index (χ3v) is 4.50. The molecule has 2 rings (SSSR count). The number of para-hydroxylation sites is 1. The molecule has 1 aliphatic heterocycles. The number of rotatable bonds is 4. The van der Waals surface area contributed by atoms with Crippen molar-refractivity contribution >= 4 is 35.2 Å². The van der Waals surface area contributed by atoms with Gasteiger partial charge in [0.2, 0.25) is 11.8 Å². The van der Waals surface area contributed by atoms with Crippen molar-refractivity contribution in [1.29, 1.82) is 0 Å². The molecule has 2 amide bonds. The van der Waals surface area contributed by atoms with E-state index in [-0.39, 0.29) is 18.2 Å². The maximum Gasteiger partial charge on any atom is 0.330 e. The van der Waals surface area contributed by atoms with Gasteiger partial charge in [0.25, 0.3) is 0 Å². The monoisotopic (exact) mass is 322 g/mol. The number of carbonyl (C=O) groups excluding carboxylic acids is 3. The molecule has 1 heterocycles. The van der Waals surface area contributed by atoms with E-state index in [0.717, 1.165) is 10.6 Å². The lowest BCUT2D eigenvalue weighted by atomic mass is 10.1. The number of hydrogen-bond donors (Lipinski definition) is 2. The molecular weight excluding hydrogens is 304 g/mol. The Bertz CT molecular complexity index is 615. The fourth-order valence-corrected chi connectivity index (χ4v) is 3.21. The third-order valence-electron chi connectivity index (χ3n) is 3.23. The van der Waals surface area contributed by atoms with Crippen LogP contribution in [0.3, 0.4) is 0 Å². The van der Waals surface area contributed by atoms with Crippen LogP contribution in [0.4, 0.5) is 5.69 Å². The molecule has 2 N–H and O–H groups in total. The van der Waals surface area contributed by atoms with E-state index in [0.29, 0.717) is 0 Å². The minimum absolute atomic E-state index is 0.00867. The molecule has 1 unspecified atom stereocenters. The molecule has 1 aromatic rings. The van der Waals surface area contributed by atoms with Crippen molar-refractivity contribution in [1.82, 2.24) is 5.32 Å². The molecule has 0 aromatic heterocycles. The highest BCUT2D eigenvalue weighted by Gasteiger charge is 2.34. The van der Waals surface area contributed by atoms with Gasteiger partial charge in [-0.1, -0.05) is 12.1 Å². The number of esters is 1. The molecule has 7 heteroatoms. The summed E-state index contributed by atoms with van der Waals surface area (Å²) in [5.74, 6) is -1.12. The summed E-state index contributed by atoms with van der Waals surface area (Å²) in [7, 11) is 1.26. The topological polar surface area (TPSA) is 84.5 Å². The highest BCUT2D eigenvalue weighted by Crippen LogP contribution is 2.36. The van der Waals surface area contributed by atoms with Gasteiger partial charge >= 0.3 is 5.97 Å². The molecular formula is C15H18N2O4S. The SMILES string of the molecule is COC(=O)C(C)(C)NC(=O)CC1Sc2ccccc2NC1=O. The highest BCUT2D eigenvalue weighted by atomic mass is 32.2. The molecule has 22 heavy (non-hydrogen) atoms. The van der Waals surface area contributed by atoms with Crippen molar-refractivity contribution in [2.75, 3.05) is 12.4 Å². The zero-order valence-electron chi connectivity index (χ0n) is 12.6. The first-order chi connectivity index (χ1) is 10.3. The first kappa shape index (κ1) is 16.4. The average Bonchev–Trinajstić information content (AvgIpc) is 2.46. The minimum Gasteiger partial charge on any atom is -0.467 e. The average molecular weight is 322 g/mol. The van der Waals surface area contributed by atoms with Gasteiger partial charge in [-0.15, -0.1) is 11.8 Å². The lowest BCUT2D eigenvalue weighted by Crippen LogP contribution is -2.51. The zero-order chi connectivity index (χ0) is 16.3. The molecule has 0 radical (unpaired) electrons. The Hall–Kier alpha value is -2.02. The van der Waals surface area contributed by atoms with E-state index < -0.39 is 16.8 Å². The molecule has 0 bridgehead atoms. The normalized spacial score (nSPS) is 17.2. The molecule has 0 spiro atoms. The third kappa shape index (κ3) is 3.59. The lowest BCUT2D eigenvalue weighted by Gasteiger charge is -2.26. The van der Waals surface area contributed by atoms with Crippen molar-refractivity contribution in [2.45, 2.75) is 36.0 Å². The van der Waals surface area contributed by atoms with Gasteiger partial charge in [-0.3, -0.25) is 9.59 Å². The summed E-state index contributed by atoms with van der Waals surface area (Å²) in [5, 5.41) is 4.85. The second-order valence-electron chi connectivity index (χ2n) is 5.46. The van der Waals surface area contributed by atoms with Gasteiger partial charge in [0.05, 0.1) is 18.0 Å². The zero-order valence-corrected chi connectivity index (χ0v) is 13.5. The van der Waals surface area contributed by atoms with Gasteiger partial charge < -0.3 is 15.4 Å². The van der Waals surface area contributed by atoms with Crippen LogP contribution in [-0.2, 0) is 19.1 Å². The van der Waals surface area contributed by atoms with E-state index in [2.05, 4.69) is 15.4 Å². The van der Waals surface area contributed by atoms with Crippen molar-refractivity contribution in [2.24, 2.45) is 0 Å². The predicted octanol–water partition coefficient (Wildman–Crippen LogP) is 1.56. The minimum atomic E-state index is -1.13. The van der Waals surface area contributed by atoms with E-state index >= 15 is 0 Å². The molecule has 0 saturated heterocycles. The summed E-state index contributed by atoms with van der Waals surface area (Å²) in [5.41, 5.74) is -0.372. The van der Waals surface area contributed by atoms with E-state index in [4.69, 9.17) is 0 Å². The van der Waals surface area contributed by atoms with E-state index in [1.807, 2.05) is 24.3 Å². The van der Waals surface area contributed by atoms with Crippen LogP contribution in [0.5, 0.6) is 0 Å². The Labute approximate surface area is 133 Å². The smallest absolute Gasteiger partial charge is 0.330 e. The number of benzene rings is 1. The van der Waals surface area contributed by atoms with Crippen LogP contribution in [0.2, 0.25) is 0 Å². The standard InChI is InChI=1S/C15H18N2O4S/c1-15(2,14(20)21-3)17-12(18)8-11-13(19)16-9-6-4-5-7-10(9)22-11/h4-7,11H,8H2,1-3H3,(H,16,19)(H,17,18). The fraction of sp³-hybridized carbons (Fsp3) is 0.400. The summed E-state index contributed by atoms with van der Waals surface area (Å²) in [6, 6.07) is 7.42. The number of nitrogens with one attached hydrogen (secondary N) is 2. The molecule has 0 saturated carbocycles. The van der Waals surface area contributed by atoms with Gasteiger partial charge in [-0.05, 0) is 26.0 Å². The second-order valence-corrected chi connectivity index (χ2v) is 6.71. The Morgan fingerprint density at radius 3 is 2.73 bits per heavy atom. The van der Waals surface area contributed by atoms with Gasteiger partial charge in [0.1, 0.15) is 5.54 Å². The molecule has 0 fully saturated rings. The van der Waals surface area contributed by atoms with Gasteiger partial charge in [-0.25, -0.2) is 4.79 Å². The quantitative estimate of drug-likeness (QED) is 0.822. The largest absolute Gasteiger partial charge is 0.467 e. The Kier molecular flexibility index (Phi) is 4.75. The molecule has 1 aliphatic rings. The van der Waals surface area contributed by atoms with Crippen LogP contribution in [0.15, 0.2) is 29.2 Å². The number of anilines is 1. The number of fused-ring (bicyclic) bond motifs is 1. The Morgan fingerprint density at radius 1 is 1.36 bits per heavy atom. The number of carbonyl (C=O) groups is 3. The van der Waals surface area contributed by atoms with E-state index in [9.17, 15) is 14.4 Å². The van der Waals surface area contributed by atoms with Crippen molar-refractivity contribution in [3.05, 3.63) is 24.3 Å². The van der Waals surface area contributed by atoms with E-state index in [1.54, 1.807) is 13.8 Å². The first-order valence-electron chi connectivity index (χ1n) is 6.79. The van der Waals surface area contributed by atoms with Crippen LogP contribution in [0.1, 0.15) is 20.3 Å². The molecule has 1 aromatic carbocycles. The maximum absolute atomic E-state index is 12.1. The van der Waals surface area contributed by atoms with Crippen LogP contribution >= 0.6 is 11.8 Å².